The number of methoxy groups -OCH3 is 1. The highest BCUT2D eigenvalue weighted by Crippen LogP contribution is 2.44. The summed E-state index contributed by atoms with van der Waals surface area (Å²) in [5, 5.41) is 11.4. The zero-order valence-corrected chi connectivity index (χ0v) is 20.9. The minimum absolute atomic E-state index is 0.00211. The molecule has 0 aliphatic carbocycles. The van der Waals surface area contributed by atoms with E-state index in [1.807, 2.05) is 24.3 Å². The molecule has 1 N–H and O–H groups in total. The summed E-state index contributed by atoms with van der Waals surface area (Å²) >= 11 is 0. The molecular weight excluding hydrogens is 472 g/mol. The zero-order valence-electron chi connectivity index (χ0n) is 20.9. The normalized spacial score (nSPS) is 17.8. The van der Waals surface area contributed by atoms with Crippen LogP contribution in [0.1, 0.15) is 31.0 Å². The van der Waals surface area contributed by atoms with Crippen LogP contribution in [0.3, 0.4) is 0 Å². The predicted molar refractivity (Wildman–Crippen MR) is 140 cm³/mol. The van der Waals surface area contributed by atoms with Gasteiger partial charge in [0.1, 0.15) is 11.5 Å². The van der Waals surface area contributed by atoms with Crippen LogP contribution in [0.2, 0.25) is 0 Å². The number of hydrogen-bond acceptors (Lipinski definition) is 7. The number of amides is 1. The number of benzene rings is 3. The van der Waals surface area contributed by atoms with Gasteiger partial charge in [-0.15, -0.1) is 0 Å². The molecule has 2 heterocycles. The molecule has 0 saturated carbocycles. The van der Waals surface area contributed by atoms with Gasteiger partial charge in [0.25, 0.3) is 11.7 Å². The lowest BCUT2D eigenvalue weighted by Gasteiger charge is -2.27. The molecule has 37 heavy (non-hydrogen) atoms. The van der Waals surface area contributed by atoms with Crippen LogP contribution in [0.15, 0.2) is 72.3 Å². The molecule has 3 aromatic rings. The van der Waals surface area contributed by atoms with E-state index in [0.717, 1.165) is 18.8 Å². The Morgan fingerprint density at radius 2 is 1.73 bits per heavy atom. The van der Waals surface area contributed by atoms with Gasteiger partial charge in [0, 0.05) is 36.1 Å². The van der Waals surface area contributed by atoms with Gasteiger partial charge in [0.05, 0.1) is 18.7 Å². The van der Waals surface area contributed by atoms with E-state index in [2.05, 4.69) is 18.7 Å². The molecule has 190 valence electrons. The van der Waals surface area contributed by atoms with Crippen molar-refractivity contribution in [2.24, 2.45) is 0 Å². The van der Waals surface area contributed by atoms with Crippen molar-refractivity contribution in [1.29, 1.82) is 0 Å². The molecule has 0 spiro atoms. The first-order chi connectivity index (χ1) is 18.0. The number of anilines is 2. The lowest BCUT2D eigenvalue weighted by molar-refractivity contribution is -0.132. The number of aliphatic hydroxyl groups is 1. The van der Waals surface area contributed by atoms with E-state index in [1.54, 1.807) is 42.5 Å². The number of hydrogen-bond donors (Lipinski definition) is 1. The molecule has 0 bridgehead atoms. The maximum Gasteiger partial charge on any atom is 0.300 e. The Labute approximate surface area is 215 Å². The third kappa shape index (κ3) is 4.24. The van der Waals surface area contributed by atoms with Crippen molar-refractivity contribution in [1.82, 2.24) is 0 Å². The van der Waals surface area contributed by atoms with E-state index in [-0.39, 0.29) is 18.1 Å². The second-order valence-electron chi connectivity index (χ2n) is 8.70. The Bertz CT molecular complexity index is 1380. The fourth-order valence-corrected chi connectivity index (χ4v) is 4.83. The van der Waals surface area contributed by atoms with E-state index in [0.29, 0.717) is 34.1 Å². The van der Waals surface area contributed by atoms with E-state index in [1.165, 1.54) is 12.0 Å². The largest absolute Gasteiger partial charge is 0.507 e. The molecule has 2 aliphatic rings. The van der Waals surface area contributed by atoms with Gasteiger partial charge in [-0.2, -0.15) is 0 Å². The quantitative estimate of drug-likeness (QED) is 0.281. The monoisotopic (exact) mass is 500 g/mol. The molecule has 1 amide bonds. The number of ether oxygens (including phenoxy) is 3. The highest BCUT2D eigenvalue weighted by molar-refractivity contribution is 6.51. The van der Waals surface area contributed by atoms with Gasteiger partial charge in [-0.1, -0.05) is 18.2 Å². The summed E-state index contributed by atoms with van der Waals surface area (Å²) in [6, 6.07) is 18.8. The third-order valence-corrected chi connectivity index (χ3v) is 6.76. The van der Waals surface area contributed by atoms with Crippen LogP contribution < -0.4 is 24.0 Å². The Morgan fingerprint density at radius 1 is 1.00 bits per heavy atom. The van der Waals surface area contributed by atoms with Crippen LogP contribution in [0.5, 0.6) is 17.2 Å². The number of rotatable bonds is 7. The zero-order chi connectivity index (χ0) is 26.1. The predicted octanol–water partition coefficient (Wildman–Crippen LogP) is 4.90. The van der Waals surface area contributed by atoms with Crippen LogP contribution in [0.4, 0.5) is 11.4 Å². The second-order valence-corrected chi connectivity index (χ2v) is 8.70. The summed E-state index contributed by atoms with van der Waals surface area (Å²) in [6.07, 6.45) is 0. The van der Waals surface area contributed by atoms with Crippen molar-refractivity contribution in [2.45, 2.75) is 19.9 Å². The van der Waals surface area contributed by atoms with Crippen molar-refractivity contribution < 1.29 is 28.9 Å². The van der Waals surface area contributed by atoms with Gasteiger partial charge in [0.15, 0.2) is 11.5 Å². The summed E-state index contributed by atoms with van der Waals surface area (Å²) in [4.78, 5) is 30.5. The van der Waals surface area contributed by atoms with E-state index >= 15 is 0 Å². The minimum Gasteiger partial charge on any atom is -0.507 e. The summed E-state index contributed by atoms with van der Waals surface area (Å²) < 4.78 is 16.2. The molecule has 0 radical (unpaired) electrons. The highest BCUT2D eigenvalue weighted by atomic mass is 16.7. The van der Waals surface area contributed by atoms with Gasteiger partial charge in [-0.25, -0.2) is 0 Å². The third-order valence-electron chi connectivity index (χ3n) is 6.76. The molecule has 5 rings (SSSR count). The first-order valence-electron chi connectivity index (χ1n) is 12.2. The molecule has 1 saturated heterocycles. The van der Waals surface area contributed by atoms with Crippen LogP contribution in [0.25, 0.3) is 5.76 Å². The van der Waals surface area contributed by atoms with Crippen LogP contribution in [-0.4, -0.2) is 43.8 Å². The number of carbonyl (C=O) groups excluding carboxylic acids is 2. The average Bonchev–Trinajstić information content (AvgIpc) is 3.51. The summed E-state index contributed by atoms with van der Waals surface area (Å²) in [6.45, 7) is 5.95. The molecule has 8 nitrogen and oxygen atoms in total. The Morgan fingerprint density at radius 3 is 2.43 bits per heavy atom. The van der Waals surface area contributed by atoms with Gasteiger partial charge < -0.3 is 24.2 Å². The molecule has 1 fully saturated rings. The molecular formula is C29H28N2O6. The van der Waals surface area contributed by atoms with Crippen molar-refractivity contribution in [3.8, 4) is 17.2 Å². The first kappa shape index (κ1) is 24.2. The smallest absolute Gasteiger partial charge is 0.300 e. The number of ketones is 1. The van der Waals surface area contributed by atoms with Gasteiger partial charge in [-0.05, 0) is 61.9 Å². The van der Waals surface area contributed by atoms with E-state index in [9.17, 15) is 14.7 Å². The Kier molecular flexibility index (Phi) is 6.48. The lowest BCUT2D eigenvalue weighted by Crippen LogP contribution is -2.29. The number of nitrogens with zero attached hydrogens (tertiary/aromatic N) is 2. The maximum absolute atomic E-state index is 13.4. The minimum atomic E-state index is -0.844. The fourth-order valence-electron chi connectivity index (χ4n) is 4.83. The van der Waals surface area contributed by atoms with Crippen molar-refractivity contribution in [3.63, 3.8) is 0 Å². The SMILES string of the molecule is CCN(CC)c1ccc(C2/C(=C(/O)c3ccc4c(c3)OCO4)C(=O)C(=O)N2c2cccc(OC)c2)cc1. The van der Waals surface area contributed by atoms with Gasteiger partial charge >= 0.3 is 0 Å². The van der Waals surface area contributed by atoms with Gasteiger partial charge in [-0.3, -0.25) is 14.5 Å². The Balaban J connectivity index is 1.67. The van der Waals surface area contributed by atoms with Crippen LogP contribution in [-0.2, 0) is 9.59 Å². The first-order valence-corrected chi connectivity index (χ1v) is 12.2. The maximum atomic E-state index is 13.4. The number of fused-ring (bicyclic) bond motifs is 1. The molecule has 3 aromatic carbocycles. The number of aliphatic hydroxyl groups excluding tert-OH is 1. The molecule has 1 atom stereocenters. The number of carbonyl (C=O) groups is 2. The summed E-state index contributed by atoms with van der Waals surface area (Å²) in [7, 11) is 1.54. The molecule has 1 unspecified atom stereocenters. The molecule has 2 aliphatic heterocycles. The van der Waals surface area contributed by atoms with E-state index < -0.39 is 17.7 Å². The molecule has 8 heteroatoms. The Hall–Kier alpha value is -4.46. The van der Waals surface area contributed by atoms with E-state index in [4.69, 9.17) is 14.2 Å². The standard InChI is InChI=1S/C29H28N2O6/c1-4-30(5-2)20-12-9-18(10-13-20)26-25(27(32)19-11-14-23-24(15-19)37-17-36-23)28(33)29(34)31(26)21-7-6-8-22(16-21)35-3/h6-16,26,32H,4-5,17H2,1-3H3/b27-25-. The average molecular weight is 501 g/mol. The van der Waals surface area contributed by atoms with Crippen molar-refractivity contribution >= 4 is 28.8 Å². The summed E-state index contributed by atoms with van der Waals surface area (Å²) in [5.41, 5.74) is 2.58. The van der Waals surface area contributed by atoms with Crippen LogP contribution >= 0.6 is 0 Å². The van der Waals surface area contributed by atoms with Gasteiger partial charge in [0.2, 0.25) is 6.79 Å². The summed E-state index contributed by atoms with van der Waals surface area (Å²) in [5.74, 6) is -0.210. The lowest BCUT2D eigenvalue weighted by atomic mass is 9.94. The fraction of sp³-hybridized carbons (Fsp3) is 0.241. The molecule has 0 aromatic heterocycles. The topological polar surface area (TPSA) is 88.5 Å². The van der Waals surface area contributed by atoms with Crippen molar-refractivity contribution in [2.75, 3.05) is 36.8 Å². The second kappa shape index (κ2) is 9.89. The number of Topliss-reactive ketones (excluding diaryl/α,β-unsaturated/α-hetero) is 1. The highest BCUT2D eigenvalue weighted by Gasteiger charge is 2.47. The van der Waals surface area contributed by atoms with Crippen molar-refractivity contribution in [3.05, 3.63) is 83.4 Å². The van der Waals surface area contributed by atoms with Crippen LogP contribution in [0, 0.1) is 0 Å².